The van der Waals surface area contributed by atoms with E-state index in [2.05, 4.69) is 18.9 Å². The summed E-state index contributed by atoms with van der Waals surface area (Å²) in [6.07, 6.45) is 0. The van der Waals surface area contributed by atoms with Gasteiger partial charge in [0.2, 0.25) is 0 Å². The van der Waals surface area contributed by atoms with Crippen LogP contribution in [0.1, 0.15) is 27.0 Å². The van der Waals surface area contributed by atoms with Gasteiger partial charge in [-0.25, -0.2) is 0 Å². The Kier molecular flexibility index (Phi) is 12.5. The summed E-state index contributed by atoms with van der Waals surface area (Å²) in [6, 6.07) is 7.66. The first-order chi connectivity index (χ1) is 19.9. The van der Waals surface area contributed by atoms with Crippen LogP contribution in [0.25, 0.3) is 0 Å². The maximum Gasteiger partial charge on any atom is 0.319 e. The van der Waals surface area contributed by atoms with Crippen LogP contribution in [0.5, 0.6) is 5.75 Å². The van der Waals surface area contributed by atoms with E-state index in [0.29, 0.717) is 0 Å². The van der Waals surface area contributed by atoms with Crippen molar-refractivity contribution >= 4 is 35.3 Å². The van der Waals surface area contributed by atoms with Gasteiger partial charge < -0.3 is 24.1 Å². The van der Waals surface area contributed by atoms with Crippen LogP contribution in [0.3, 0.4) is 0 Å². The van der Waals surface area contributed by atoms with Crippen molar-refractivity contribution in [3.05, 3.63) is 68.8 Å². The topological polar surface area (TPSA) is 192 Å². The second-order valence-corrected chi connectivity index (χ2v) is 8.87. The molecule has 0 saturated heterocycles. The molecule has 0 amide bonds. The van der Waals surface area contributed by atoms with Crippen LogP contribution in [0.2, 0.25) is 0 Å². The van der Waals surface area contributed by atoms with Crippen LogP contribution in [0.15, 0.2) is 36.4 Å². The van der Waals surface area contributed by atoms with Crippen LogP contribution >= 0.6 is 0 Å². The highest BCUT2D eigenvalue weighted by molar-refractivity contribution is 6.09. The summed E-state index contributed by atoms with van der Waals surface area (Å²) in [5.41, 5.74) is -0.167. The Bertz CT molecular complexity index is 1240. The molecule has 0 aliphatic rings. The van der Waals surface area contributed by atoms with E-state index in [1.54, 1.807) is 0 Å². The minimum absolute atomic E-state index is 0.00882. The second-order valence-electron chi connectivity index (χ2n) is 8.87. The molecule has 0 bridgehead atoms. The minimum atomic E-state index is -0.690. The molecule has 1 N–H and O–H groups in total. The highest BCUT2D eigenvalue weighted by Gasteiger charge is 2.24. The summed E-state index contributed by atoms with van der Waals surface area (Å²) in [6.45, 7) is -1.98. The summed E-state index contributed by atoms with van der Waals surface area (Å²) < 4.78 is 18.7. The summed E-state index contributed by atoms with van der Waals surface area (Å²) in [4.78, 5) is 74.7. The lowest BCUT2D eigenvalue weighted by atomic mass is 9.96. The van der Waals surface area contributed by atoms with Crippen molar-refractivity contribution in [2.24, 2.45) is 0 Å². The number of rotatable bonds is 15. The predicted octanol–water partition coefficient (Wildman–Crippen LogP) is 0.827. The van der Waals surface area contributed by atoms with Crippen LogP contribution in [0.4, 0.5) is 5.69 Å². The molecule has 15 heteroatoms. The molecular weight excluding hydrogens is 558 g/mol. The van der Waals surface area contributed by atoms with E-state index in [-0.39, 0.29) is 73.0 Å². The largest absolute Gasteiger partial charge is 0.507 e. The van der Waals surface area contributed by atoms with E-state index in [4.69, 9.17) is 0 Å². The second kappa shape index (κ2) is 15.8. The Balaban J connectivity index is 2.64. The zero-order chi connectivity index (χ0) is 31.4. The lowest BCUT2D eigenvalue weighted by Crippen LogP contribution is -2.36. The molecule has 0 heterocycles. The van der Waals surface area contributed by atoms with Gasteiger partial charge in [0.05, 0.1) is 59.5 Å². The van der Waals surface area contributed by atoms with Crippen LogP contribution in [-0.4, -0.2) is 104 Å². The molecule has 0 unspecified atom stereocenters. The van der Waals surface area contributed by atoms with E-state index in [1.165, 1.54) is 40.1 Å². The highest BCUT2D eigenvalue weighted by Crippen LogP contribution is 2.29. The standard InChI is InChI=1S/C27H31N3O12/c1-39-22(31)13-28(14-23(32)40-2)11-19-8-18(26(35)17-6-5-7-21(10-17)30(37)38)9-20(27(19)36)12-29(15-24(33)41-3)16-25(34)42-4/h5-10,36H,11-16H2,1-4H3. The normalized spacial score (nSPS) is 10.7. The van der Waals surface area contributed by atoms with Crippen molar-refractivity contribution in [1.82, 2.24) is 9.80 Å². The van der Waals surface area contributed by atoms with E-state index in [0.717, 1.165) is 34.5 Å². The van der Waals surface area contributed by atoms with Gasteiger partial charge in [-0.05, 0) is 12.1 Å². The fraction of sp³-hybridized carbons (Fsp3) is 0.370. The third-order valence-electron chi connectivity index (χ3n) is 5.96. The van der Waals surface area contributed by atoms with Crippen LogP contribution < -0.4 is 0 Å². The summed E-state index contributed by atoms with van der Waals surface area (Å²) in [5.74, 6) is -3.75. The number of phenols is 1. The lowest BCUT2D eigenvalue weighted by Gasteiger charge is -2.24. The molecule has 0 radical (unpaired) electrons. The number of nitro groups is 1. The summed E-state index contributed by atoms with van der Waals surface area (Å²) in [5, 5.41) is 22.5. The maximum absolute atomic E-state index is 13.5. The zero-order valence-electron chi connectivity index (χ0n) is 23.5. The average molecular weight is 590 g/mol. The van der Waals surface area contributed by atoms with Gasteiger partial charge in [-0.2, -0.15) is 0 Å². The van der Waals surface area contributed by atoms with Crippen molar-refractivity contribution in [2.75, 3.05) is 54.6 Å². The van der Waals surface area contributed by atoms with Gasteiger partial charge in [0.15, 0.2) is 5.78 Å². The first kappa shape index (κ1) is 33.3. The molecule has 0 spiro atoms. The van der Waals surface area contributed by atoms with Gasteiger partial charge in [0, 0.05) is 47.5 Å². The number of carbonyl (C=O) groups is 5. The number of nitro benzene ring substituents is 1. The summed E-state index contributed by atoms with van der Waals surface area (Å²) >= 11 is 0. The zero-order valence-corrected chi connectivity index (χ0v) is 23.5. The van der Waals surface area contributed by atoms with Gasteiger partial charge in [-0.1, -0.05) is 12.1 Å². The van der Waals surface area contributed by atoms with Crippen LogP contribution in [-0.2, 0) is 51.2 Å². The minimum Gasteiger partial charge on any atom is -0.507 e. The number of ether oxygens (including phenoxy) is 4. The predicted molar refractivity (Wildman–Crippen MR) is 143 cm³/mol. The number of methoxy groups -OCH3 is 4. The Morgan fingerprint density at radius 1 is 0.714 bits per heavy atom. The van der Waals surface area contributed by atoms with Crippen molar-refractivity contribution < 1.29 is 52.9 Å². The SMILES string of the molecule is COC(=O)CN(CC(=O)OC)Cc1cc(C(=O)c2cccc([N+](=O)[O-])c2)cc(CN(CC(=O)OC)CC(=O)OC)c1O. The smallest absolute Gasteiger partial charge is 0.319 e. The van der Waals surface area contributed by atoms with Gasteiger partial charge in [-0.3, -0.25) is 43.9 Å². The van der Waals surface area contributed by atoms with Crippen molar-refractivity contribution in [3.63, 3.8) is 0 Å². The van der Waals surface area contributed by atoms with Crippen LogP contribution in [0, 0.1) is 10.1 Å². The molecule has 42 heavy (non-hydrogen) atoms. The number of hydrogen-bond donors (Lipinski definition) is 1. The number of carbonyl (C=O) groups excluding carboxylic acids is 5. The van der Waals surface area contributed by atoms with Gasteiger partial charge in [-0.15, -0.1) is 0 Å². The van der Waals surface area contributed by atoms with E-state index < -0.39 is 34.6 Å². The van der Waals surface area contributed by atoms with Crippen molar-refractivity contribution in [1.29, 1.82) is 0 Å². The summed E-state index contributed by atoms with van der Waals surface area (Å²) in [7, 11) is 4.63. The van der Waals surface area contributed by atoms with E-state index >= 15 is 0 Å². The molecule has 2 aromatic carbocycles. The molecule has 226 valence electrons. The molecule has 2 aromatic rings. The fourth-order valence-corrected chi connectivity index (χ4v) is 3.87. The Morgan fingerprint density at radius 2 is 1.12 bits per heavy atom. The number of esters is 4. The molecule has 2 rings (SSSR count). The average Bonchev–Trinajstić information content (AvgIpc) is 2.97. The first-order valence-corrected chi connectivity index (χ1v) is 12.3. The number of aromatic hydroxyl groups is 1. The quantitative estimate of drug-likeness (QED) is 0.101. The first-order valence-electron chi connectivity index (χ1n) is 12.3. The van der Waals surface area contributed by atoms with Gasteiger partial charge in [0.25, 0.3) is 5.69 Å². The highest BCUT2D eigenvalue weighted by atomic mass is 16.6. The van der Waals surface area contributed by atoms with E-state index in [1.807, 2.05) is 0 Å². The molecule has 0 aliphatic carbocycles. The van der Waals surface area contributed by atoms with E-state index in [9.17, 15) is 39.2 Å². The fourth-order valence-electron chi connectivity index (χ4n) is 3.87. The molecular formula is C27H31N3O12. The number of benzene rings is 2. The van der Waals surface area contributed by atoms with Gasteiger partial charge >= 0.3 is 23.9 Å². The van der Waals surface area contributed by atoms with Gasteiger partial charge in [0.1, 0.15) is 5.75 Å². The number of ketones is 1. The third-order valence-corrected chi connectivity index (χ3v) is 5.96. The molecule has 0 aromatic heterocycles. The Hall–Kier alpha value is -4.89. The Morgan fingerprint density at radius 3 is 1.48 bits per heavy atom. The molecule has 0 saturated carbocycles. The third kappa shape index (κ3) is 9.64. The van der Waals surface area contributed by atoms with Crippen molar-refractivity contribution in [2.45, 2.75) is 13.1 Å². The number of hydrogen-bond acceptors (Lipinski definition) is 14. The number of nitrogens with zero attached hydrogens (tertiary/aromatic N) is 3. The Labute approximate surface area is 240 Å². The number of phenolic OH excluding ortho intramolecular Hbond substituents is 1. The maximum atomic E-state index is 13.5. The molecule has 0 fully saturated rings. The molecule has 0 aliphatic heterocycles. The number of non-ortho nitro benzene ring substituents is 1. The molecule has 15 nitrogen and oxygen atoms in total. The monoisotopic (exact) mass is 589 g/mol. The lowest BCUT2D eigenvalue weighted by molar-refractivity contribution is -0.384. The van der Waals surface area contributed by atoms with Crippen molar-refractivity contribution in [3.8, 4) is 5.75 Å². The molecule has 0 atom stereocenters.